The number of nitrogens with one attached hydrogen (secondary N) is 1. The van der Waals surface area contributed by atoms with Crippen molar-refractivity contribution in [1.29, 1.82) is 0 Å². The van der Waals surface area contributed by atoms with Gasteiger partial charge in [0.05, 0.1) is 22.2 Å². The van der Waals surface area contributed by atoms with E-state index >= 15 is 8.78 Å². The molecule has 1 amide bonds. The van der Waals surface area contributed by atoms with Crippen LogP contribution < -0.4 is 10.1 Å². The third-order valence-corrected chi connectivity index (χ3v) is 8.45. The first-order valence-electron chi connectivity index (χ1n) is 14.4. The van der Waals surface area contributed by atoms with Gasteiger partial charge in [0.15, 0.2) is 17.4 Å². The maximum atomic E-state index is 15.2. The SMILES string of the molecule is CC(O)(CCCc1ccc(F)cc1)C1(C(=O)Nc2cc(F)c(Oc3ccnc4cc(-c5cccnc5)ccc34)cc2F)CC1. The van der Waals surface area contributed by atoms with Crippen LogP contribution in [0.25, 0.3) is 22.0 Å². The summed E-state index contributed by atoms with van der Waals surface area (Å²) in [7, 11) is 0. The number of hydrogen-bond acceptors (Lipinski definition) is 5. The first kappa shape index (κ1) is 29.3. The average Bonchev–Trinajstić information content (AvgIpc) is 3.84. The quantitative estimate of drug-likeness (QED) is 0.170. The highest BCUT2D eigenvalue weighted by molar-refractivity contribution is 5.98. The molecule has 6 nitrogen and oxygen atoms in total. The van der Waals surface area contributed by atoms with Gasteiger partial charge in [-0.3, -0.25) is 14.8 Å². The van der Waals surface area contributed by atoms with Crippen molar-refractivity contribution in [3.05, 3.63) is 114 Å². The molecular weight excluding hydrogens is 567 g/mol. The van der Waals surface area contributed by atoms with Crippen LogP contribution in [0.4, 0.5) is 18.9 Å². The van der Waals surface area contributed by atoms with E-state index in [0.29, 0.717) is 43.0 Å². The maximum absolute atomic E-state index is 15.2. The van der Waals surface area contributed by atoms with E-state index < -0.39 is 28.6 Å². The van der Waals surface area contributed by atoms with E-state index in [1.54, 1.807) is 43.6 Å². The van der Waals surface area contributed by atoms with Crippen molar-refractivity contribution in [2.24, 2.45) is 5.41 Å². The Morgan fingerprint density at radius 2 is 1.75 bits per heavy atom. The molecule has 3 aromatic carbocycles. The fraction of sp³-hybridized carbons (Fsp3) is 0.229. The number of benzene rings is 3. The number of carbonyl (C=O) groups excluding carboxylic acids is 1. The number of pyridine rings is 2. The molecule has 2 heterocycles. The number of anilines is 1. The van der Waals surface area contributed by atoms with E-state index in [4.69, 9.17) is 4.74 Å². The lowest BCUT2D eigenvalue weighted by molar-refractivity contribution is -0.132. The Balaban J connectivity index is 1.15. The molecule has 44 heavy (non-hydrogen) atoms. The summed E-state index contributed by atoms with van der Waals surface area (Å²) in [4.78, 5) is 21.8. The first-order valence-corrected chi connectivity index (χ1v) is 14.4. The Hall–Kier alpha value is -4.76. The molecule has 0 aliphatic heterocycles. The first-order chi connectivity index (χ1) is 21.1. The fourth-order valence-corrected chi connectivity index (χ4v) is 5.65. The zero-order valence-electron chi connectivity index (χ0n) is 24.0. The lowest BCUT2D eigenvalue weighted by atomic mass is 9.80. The van der Waals surface area contributed by atoms with Crippen molar-refractivity contribution in [3.63, 3.8) is 0 Å². The summed E-state index contributed by atoms with van der Waals surface area (Å²) >= 11 is 0. The summed E-state index contributed by atoms with van der Waals surface area (Å²) in [5.41, 5.74) is 0.515. The predicted molar refractivity (Wildman–Crippen MR) is 162 cm³/mol. The van der Waals surface area contributed by atoms with Crippen molar-refractivity contribution in [2.75, 3.05) is 5.32 Å². The Morgan fingerprint density at radius 3 is 2.48 bits per heavy atom. The van der Waals surface area contributed by atoms with Crippen LogP contribution in [0.1, 0.15) is 38.2 Å². The molecule has 1 fully saturated rings. The van der Waals surface area contributed by atoms with Gasteiger partial charge in [-0.25, -0.2) is 13.2 Å². The number of aromatic nitrogens is 2. The molecule has 2 aromatic heterocycles. The molecule has 224 valence electrons. The third kappa shape index (κ3) is 5.88. The van der Waals surface area contributed by atoms with Crippen LogP contribution in [0.3, 0.4) is 0 Å². The smallest absolute Gasteiger partial charge is 0.233 e. The highest BCUT2D eigenvalue weighted by Gasteiger charge is 2.61. The number of carbonyl (C=O) groups is 1. The molecule has 0 saturated heterocycles. The van der Waals surface area contributed by atoms with Crippen LogP contribution in [-0.4, -0.2) is 26.6 Å². The van der Waals surface area contributed by atoms with Crippen LogP contribution in [0.5, 0.6) is 11.5 Å². The van der Waals surface area contributed by atoms with Gasteiger partial charge in [-0.05, 0) is 86.6 Å². The van der Waals surface area contributed by atoms with Gasteiger partial charge in [-0.15, -0.1) is 0 Å². The van der Waals surface area contributed by atoms with Crippen molar-refractivity contribution in [2.45, 2.75) is 44.6 Å². The topological polar surface area (TPSA) is 84.3 Å². The van der Waals surface area contributed by atoms with Gasteiger partial charge >= 0.3 is 0 Å². The number of aryl methyl sites for hydroxylation is 1. The second kappa shape index (κ2) is 11.7. The lowest BCUT2D eigenvalue weighted by Gasteiger charge is -2.32. The minimum Gasteiger partial charge on any atom is -0.453 e. The number of fused-ring (bicyclic) bond motifs is 1. The molecule has 0 radical (unpaired) electrons. The molecule has 1 atom stereocenters. The molecule has 9 heteroatoms. The van der Waals surface area contributed by atoms with Gasteiger partial charge < -0.3 is 15.2 Å². The molecule has 1 aliphatic carbocycles. The summed E-state index contributed by atoms with van der Waals surface area (Å²) in [6, 6.07) is 18.8. The Labute approximate surface area is 252 Å². The van der Waals surface area contributed by atoms with Crippen LogP contribution in [-0.2, 0) is 11.2 Å². The molecule has 1 saturated carbocycles. The maximum Gasteiger partial charge on any atom is 0.233 e. The van der Waals surface area contributed by atoms with Gasteiger partial charge in [0.2, 0.25) is 5.91 Å². The number of rotatable bonds is 10. The Kier molecular flexibility index (Phi) is 7.82. The fourth-order valence-electron chi connectivity index (χ4n) is 5.65. The van der Waals surface area contributed by atoms with Gasteiger partial charge in [0, 0.05) is 41.7 Å². The van der Waals surface area contributed by atoms with Gasteiger partial charge in [-0.2, -0.15) is 0 Å². The van der Waals surface area contributed by atoms with Gasteiger partial charge in [0.25, 0.3) is 0 Å². The number of amides is 1. The monoisotopic (exact) mass is 597 g/mol. The second-order valence-electron chi connectivity index (χ2n) is 11.4. The number of hydrogen-bond donors (Lipinski definition) is 2. The average molecular weight is 598 g/mol. The Bertz CT molecular complexity index is 1820. The summed E-state index contributed by atoms with van der Waals surface area (Å²) < 4.78 is 49.4. The van der Waals surface area contributed by atoms with E-state index in [1.165, 1.54) is 18.3 Å². The highest BCUT2D eigenvalue weighted by Crippen LogP contribution is 2.56. The van der Waals surface area contributed by atoms with E-state index in [0.717, 1.165) is 28.8 Å². The van der Waals surface area contributed by atoms with E-state index in [9.17, 15) is 14.3 Å². The molecule has 6 rings (SSSR count). The zero-order chi connectivity index (χ0) is 30.9. The zero-order valence-corrected chi connectivity index (χ0v) is 24.0. The number of nitrogens with zero attached hydrogens (tertiary/aromatic N) is 2. The summed E-state index contributed by atoms with van der Waals surface area (Å²) in [5, 5.41) is 14.4. The minimum absolute atomic E-state index is 0.288. The van der Waals surface area contributed by atoms with Crippen molar-refractivity contribution in [1.82, 2.24) is 9.97 Å². The van der Waals surface area contributed by atoms with Crippen LogP contribution in [0, 0.1) is 22.9 Å². The molecule has 1 unspecified atom stereocenters. The van der Waals surface area contributed by atoms with Crippen molar-refractivity contribution >= 4 is 22.5 Å². The van der Waals surface area contributed by atoms with Crippen molar-refractivity contribution in [3.8, 4) is 22.6 Å². The normalized spacial score (nSPS) is 15.0. The molecule has 0 bridgehead atoms. The highest BCUT2D eigenvalue weighted by atomic mass is 19.1. The van der Waals surface area contributed by atoms with Crippen LogP contribution in [0.2, 0.25) is 0 Å². The molecule has 2 N–H and O–H groups in total. The van der Waals surface area contributed by atoms with E-state index in [2.05, 4.69) is 15.3 Å². The third-order valence-electron chi connectivity index (χ3n) is 8.45. The summed E-state index contributed by atoms with van der Waals surface area (Å²) in [6.07, 6.45) is 7.27. The van der Waals surface area contributed by atoms with Crippen molar-refractivity contribution < 1.29 is 27.8 Å². The molecule has 0 spiro atoms. The summed E-state index contributed by atoms with van der Waals surface area (Å²) in [6.45, 7) is 1.59. The molecule has 5 aromatic rings. The Morgan fingerprint density at radius 1 is 0.955 bits per heavy atom. The molecular formula is C35H30F3N3O3. The molecule has 1 aliphatic rings. The van der Waals surface area contributed by atoms with E-state index in [-0.39, 0.29) is 23.0 Å². The standard InChI is InChI=1S/C35H30F3N3O3/c1-34(43,13-2-4-22-6-9-25(36)10-7-22)35(14-15-35)33(42)41-30-19-28(38)32(20-27(30)37)44-31-12-17-40-29-18-23(8-11-26(29)31)24-5-3-16-39-21-24/h3,5-12,16-21,43H,2,4,13-15H2,1H3,(H,41,42). The van der Waals surface area contributed by atoms with Gasteiger partial charge in [-0.1, -0.05) is 24.3 Å². The number of aliphatic hydroxyl groups is 1. The van der Waals surface area contributed by atoms with Crippen LogP contribution in [0.15, 0.2) is 91.4 Å². The summed E-state index contributed by atoms with van der Waals surface area (Å²) in [5.74, 6) is -2.69. The lowest BCUT2D eigenvalue weighted by Crippen LogP contribution is -2.44. The number of ether oxygens (including phenoxy) is 1. The van der Waals surface area contributed by atoms with Crippen LogP contribution >= 0.6 is 0 Å². The van der Waals surface area contributed by atoms with E-state index in [1.807, 2.05) is 24.3 Å². The largest absolute Gasteiger partial charge is 0.453 e. The minimum atomic E-state index is -1.37. The predicted octanol–water partition coefficient (Wildman–Crippen LogP) is 8.00. The van der Waals surface area contributed by atoms with Gasteiger partial charge in [0.1, 0.15) is 11.6 Å². The number of halogens is 3. The second-order valence-corrected chi connectivity index (χ2v) is 11.4.